The Labute approximate surface area is 303 Å². The summed E-state index contributed by atoms with van der Waals surface area (Å²) >= 11 is 0. The molecule has 0 aliphatic carbocycles. The van der Waals surface area contributed by atoms with E-state index in [1.807, 2.05) is 0 Å². The highest BCUT2D eigenvalue weighted by molar-refractivity contribution is 5.94. The highest BCUT2D eigenvalue weighted by Crippen LogP contribution is 2.05. The first-order valence-electron chi connectivity index (χ1n) is 16.3. The monoisotopic (exact) mass is 758 g/mol. The molecule has 0 radical (unpaired) electrons. The van der Waals surface area contributed by atoms with E-state index in [9.17, 15) is 52.7 Å². The zero-order chi connectivity index (χ0) is 40.5. The summed E-state index contributed by atoms with van der Waals surface area (Å²) in [5.74, 6) is -8.39. The molecule has 4 unspecified atom stereocenters. The van der Waals surface area contributed by atoms with E-state index in [1.54, 1.807) is 0 Å². The lowest BCUT2D eigenvalue weighted by Gasteiger charge is -2.22. The van der Waals surface area contributed by atoms with Gasteiger partial charge in [-0.15, -0.1) is 0 Å². The Bertz CT molecular complexity index is 1340. The molecule has 0 spiro atoms. The van der Waals surface area contributed by atoms with Gasteiger partial charge in [0.1, 0.15) is 24.7 Å². The zero-order valence-corrected chi connectivity index (χ0v) is 29.5. The van der Waals surface area contributed by atoms with E-state index < -0.39 is 115 Å². The Morgan fingerprint density at radius 3 is 1.53 bits per heavy atom. The molecule has 0 bridgehead atoms. The van der Waals surface area contributed by atoms with E-state index in [0.717, 1.165) is 0 Å². The van der Waals surface area contributed by atoms with Gasteiger partial charge in [-0.1, -0.05) is 0 Å². The van der Waals surface area contributed by atoms with E-state index in [-0.39, 0.29) is 45.3 Å². The van der Waals surface area contributed by atoms with Crippen molar-refractivity contribution in [3.8, 4) is 0 Å². The van der Waals surface area contributed by atoms with Gasteiger partial charge in [0.15, 0.2) is 0 Å². The van der Waals surface area contributed by atoms with Gasteiger partial charge in [0.25, 0.3) is 0 Å². The zero-order valence-electron chi connectivity index (χ0n) is 29.5. The lowest BCUT2D eigenvalue weighted by molar-refractivity contribution is -0.138. The number of nitrogens with two attached hydrogens (primary N) is 3. The topological polar surface area (TPSA) is 394 Å². The smallest absolute Gasteiger partial charge is 0.322 e. The van der Waals surface area contributed by atoms with Crippen LogP contribution in [0.25, 0.3) is 0 Å². The quantitative estimate of drug-likeness (QED) is 0.0365. The van der Waals surface area contributed by atoms with Gasteiger partial charge in [-0.25, -0.2) is 0 Å². The van der Waals surface area contributed by atoms with Gasteiger partial charge >= 0.3 is 5.97 Å². The maximum atomic E-state index is 13.0. The van der Waals surface area contributed by atoms with Crippen LogP contribution < -0.4 is 65.1 Å². The summed E-state index contributed by atoms with van der Waals surface area (Å²) in [4.78, 5) is 131. The van der Waals surface area contributed by atoms with E-state index in [1.165, 1.54) is 13.8 Å². The van der Waals surface area contributed by atoms with Crippen LogP contribution in [-0.2, 0) is 52.7 Å². The normalized spacial score (nSPS) is 12.6. The number of hydrogen-bond acceptors (Lipinski definition) is 13. The number of unbranched alkanes of at least 4 members (excludes halogenated alkanes) is 1. The lowest BCUT2D eigenvalue weighted by atomic mass is 10.1. The van der Waals surface area contributed by atoms with Crippen LogP contribution in [0.15, 0.2) is 0 Å². The summed E-state index contributed by atoms with van der Waals surface area (Å²) in [7, 11) is 0. The molecule has 4 atom stereocenters. The second-order valence-electron chi connectivity index (χ2n) is 11.4. The molecule has 0 saturated carbocycles. The number of amides is 10. The Balaban J connectivity index is 4.89. The average molecular weight is 759 g/mol. The van der Waals surface area contributed by atoms with Crippen molar-refractivity contribution in [3.63, 3.8) is 0 Å². The third kappa shape index (κ3) is 23.2. The molecule has 53 heavy (non-hydrogen) atoms. The Morgan fingerprint density at radius 1 is 0.547 bits per heavy atom. The average Bonchev–Trinajstić information content (AvgIpc) is 3.10. The molecule has 16 N–H and O–H groups in total. The van der Waals surface area contributed by atoms with Crippen molar-refractivity contribution in [3.05, 3.63) is 0 Å². The standard InChI is InChI=1S/C29H50N12O12/c1-15(31)27(51)41-17(26(32)50)6-7-19(42)40-18(29(53)39-16(2)28(52)38-14-25(48)49)5-3-4-8-33-21(44)10-35-23(46)12-37-24(47)13-36-22(45)11-34-20(43)9-30/h15-18H,3-14,30-31H2,1-2H3,(H2,32,50)(H,33,44)(H,34,43)(H,35,46)(H,36,45)(H,37,47)(H,38,52)(H,39,53)(H,40,42)(H,41,51)(H,48,49). The molecule has 0 aliphatic heterocycles. The fraction of sp³-hybridized carbons (Fsp3) is 0.621. The first kappa shape index (κ1) is 47.1. The summed E-state index contributed by atoms with van der Waals surface area (Å²) in [6.07, 6.45) is -0.00664. The number of carboxylic acid groups (broad SMARTS) is 1. The molecule has 10 amide bonds. The predicted molar refractivity (Wildman–Crippen MR) is 182 cm³/mol. The molecule has 0 saturated heterocycles. The van der Waals surface area contributed by atoms with Gasteiger partial charge in [-0.2, -0.15) is 0 Å². The third-order valence-corrected chi connectivity index (χ3v) is 6.76. The minimum atomic E-state index is -1.31. The van der Waals surface area contributed by atoms with Crippen molar-refractivity contribution in [2.75, 3.05) is 45.8 Å². The second-order valence-corrected chi connectivity index (χ2v) is 11.4. The Hall–Kier alpha value is -5.91. The van der Waals surface area contributed by atoms with Crippen molar-refractivity contribution < 1.29 is 57.8 Å². The predicted octanol–water partition coefficient (Wildman–Crippen LogP) is -8.02. The fourth-order valence-corrected chi connectivity index (χ4v) is 3.83. The first-order valence-corrected chi connectivity index (χ1v) is 16.3. The third-order valence-electron chi connectivity index (χ3n) is 6.76. The number of rotatable bonds is 26. The molecular formula is C29H50N12O12. The minimum absolute atomic E-state index is 0.0107. The van der Waals surface area contributed by atoms with Crippen LogP contribution in [0, 0.1) is 0 Å². The molecular weight excluding hydrogens is 708 g/mol. The van der Waals surface area contributed by atoms with Crippen molar-refractivity contribution in [2.45, 2.75) is 70.1 Å². The summed E-state index contributed by atoms with van der Waals surface area (Å²) in [5.41, 5.74) is 15.9. The number of carbonyl (C=O) groups is 11. The maximum absolute atomic E-state index is 13.0. The van der Waals surface area contributed by atoms with Gasteiger partial charge in [-0.05, 0) is 39.5 Å². The van der Waals surface area contributed by atoms with Crippen LogP contribution >= 0.6 is 0 Å². The fourth-order valence-electron chi connectivity index (χ4n) is 3.83. The van der Waals surface area contributed by atoms with Crippen molar-refractivity contribution in [1.29, 1.82) is 0 Å². The molecule has 0 aliphatic rings. The molecule has 24 nitrogen and oxygen atoms in total. The SMILES string of the molecule is CC(N)C(=O)NC(CCC(=O)NC(CCCCNC(=O)CNC(=O)CNC(=O)CNC(=O)CNC(=O)CN)C(=O)NC(C)C(=O)NCC(=O)O)C(N)=O. The van der Waals surface area contributed by atoms with Crippen LogP contribution in [0.2, 0.25) is 0 Å². The highest BCUT2D eigenvalue weighted by Gasteiger charge is 2.26. The van der Waals surface area contributed by atoms with E-state index in [4.69, 9.17) is 22.3 Å². The van der Waals surface area contributed by atoms with Gasteiger partial charge in [0, 0.05) is 13.0 Å². The Morgan fingerprint density at radius 2 is 1.06 bits per heavy atom. The van der Waals surface area contributed by atoms with Gasteiger partial charge in [0.05, 0.1) is 38.8 Å². The summed E-state index contributed by atoms with van der Waals surface area (Å²) < 4.78 is 0. The Kier molecular flexibility index (Phi) is 23.1. The number of aliphatic carboxylic acids is 1. The molecule has 0 rings (SSSR count). The van der Waals surface area contributed by atoms with Gasteiger partial charge in [-0.3, -0.25) is 52.7 Å². The summed E-state index contributed by atoms with van der Waals surface area (Å²) in [6, 6.07) is -4.56. The number of nitrogens with one attached hydrogen (secondary N) is 9. The molecule has 24 heteroatoms. The molecule has 0 fully saturated rings. The molecule has 0 aromatic rings. The van der Waals surface area contributed by atoms with Crippen LogP contribution in [0.4, 0.5) is 0 Å². The van der Waals surface area contributed by atoms with E-state index in [0.29, 0.717) is 6.42 Å². The van der Waals surface area contributed by atoms with Crippen molar-refractivity contribution in [1.82, 2.24) is 47.9 Å². The van der Waals surface area contributed by atoms with Crippen molar-refractivity contribution >= 4 is 65.0 Å². The summed E-state index contributed by atoms with van der Waals surface area (Å²) in [6.45, 7) is -0.0200. The van der Waals surface area contributed by atoms with E-state index >= 15 is 0 Å². The number of primary amides is 1. The number of carbonyl (C=O) groups excluding carboxylic acids is 10. The number of hydrogen-bond donors (Lipinski definition) is 13. The van der Waals surface area contributed by atoms with E-state index in [2.05, 4.69) is 47.9 Å². The molecule has 0 aromatic heterocycles. The van der Waals surface area contributed by atoms with Crippen LogP contribution in [0.3, 0.4) is 0 Å². The van der Waals surface area contributed by atoms with Gasteiger partial charge in [0.2, 0.25) is 59.1 Å². The lowest BCUT2D eigenvalue weighted by Crippen LogP contribution is -2.53. The molecule has 0 aromatic carbocycles. The largest absolute Gasteiger partial charge is 0.480 e. The maximum Gasteiger partial charge on any atom is 0.322 e. The second kappa shape index (κ2) is 26.0. The molecule has 298 valence electrons. The van der Waals surface area contributed by atoms with Crippen LogP contribution in [-0.4, -0.2) is 140 Å². The molecule has 0 heterocycles. The van der Waals surface area contributed by atoms with Crippen LogP contribution in [0.5, 0.6) is 0 Å². The van der Waals surface area contributed by atoms with Crippen LogP contribution in [0.1, 0.15) is 46.0 Å². The van der Waals surface area contributed by atoms with Gasteiger partial charge < -0.3 is 70.2 Å². The minimum Gasteiger partial charge on any atom is -0.480 e. The number of carboxylic acids is 1. The first-order chi connectivity index (χ1) is 24.9. The van der Waals surface area contributed by atoms with Crippen molar-refractivity contribution in [2.24, 2.45) is 17.2 Å². The summed E-state index contributed by atoms with van der Waals surface area (Å²) in [5, 5.41) is 29.5. The highest BCUT2D eigenvalue weighted by atomic mass is 16.4.